The quantitative estimate of drug-likeness (QED) is 0.811. The van der Waals surface area contributed by atoms with Gasteiger partial charge in [-0.25, -0.2) is 8.78 Å². The van der Waals surface area contributed by atoms with Crippen LogP contribution in [0.1, 0.15) is 48.9 Å². The van der Waals surface area contributed by atoms with Gasteiger partial charge in [0.2, 0.25) is 0 Å². The Morgan fingerprint density at radius 3 is 2.19 bits per heavy atom. The summed E-state index contributed by atoms with van der Waals surface area (Å²) < 4.78 is 27.8. The minimum absolute atomic E-state index is 0.221. The lowest BCUT2D eigenvalue weighted by atomic mass is 9.91. The van der Waals surface area contributed by atoms with E-state index < -0.39 is 28.6 Å². The number of nitriles is 1. The summed E-state index contributed by atoms with van der Waals surface area (Å²) >= 11 is 2.97. The SMILES string of the molecule is N#CC1(NC(=O)c2c(F)cc(Br)cc2F)CCCCCC1. The molecule has 1 fully saturated rings. The van der Waals surface area contributed by atoms with Gasteiger partial charge in [-0.05, 0) is 25.0 Å². The molecule has 1 amide bonds. The molecule has 0 heterocycles. The van der Waals surface area contributed by atoms with Crippen LogP contribution in [0.2, 0.25) is 0 Å². The van der Waals surface area contributed by atoms with Crippen molar-refractivity contribution in [3.63, 3.8) is 0 Å². The van der Waals surface area contributed by atoms with Crippen molar-refractivity contribution >= 4 is 21.8 Å². The molecule has 0 spiro atoms. The van der Waals surface area contributed by atoms with Crippen molar-refractivity contribution in [2.45, 2.75) is 44.1 Å². The van der Waals surface area contributed by atoms with E-state index in [1.165, 1.54) is 0 Å². The average molecular weight is 357 g/mol. The Bertz CT molecular complexity index is 567. The van der Waals surface area contributed by atoms with E-state index in [1.807, 2.05) is 0 Å². The van der Waals surface area contributed by atoms with Crippen molar-refractivity contribution in [3.8, 4) is 6.07 Å². The summed E-state index contributed by atoms with van der Waals surface area (Å²) in [7, 11) is 0. The Balaban J connectivity index is 2.26. The number of hydrogen-bond donors (Lipinski definition) is 1. The van der Waals surface area contributed by atoms with E-state index in [4.69, 9.17) is 0 Å². The van der Waals surface area contributed by atoms with Gasteiger partial charge in [-0.1, -0.05) is 41.6 Å². The first-order chi connectivity index (χ1) is 9.97. The van der Waals surface area contributed by atoms with E-state index in [2.05, 4.69) is 27.3 Å². The molecule has 0 unspecified atom stereocenters. The second-order valence-corrected chi connectivity index (χ2v) is 6.22. The highest BCUT2D eigenvalue weighted by Gasteiger charge is 2.34. The van der Waals surface area contributed by atoms with Gasteiger partial charge in [-0.2, -0.15) is 5.26 Å². The van der Waals surface area contributed by atoms with Gasteiger partial charge in [0.15, 0.2) is 0 Å². The van der Waals surface area contributed by atoms with Gasteiger partial charge >= 0.3 is 0 Å². The van der Waals surface area contributed by atoms with Gasteiger partial charge in [0, 0.05) is 4.47 Å². The zero-order valence-electron chi connectivity index (χ0n) is 11.4. The summed E-state index contributed by atoms with van der Waals surface area (Å²) in [6.07, 6.45) is 4.66. The minimum Gasteiger partial charge on any atom is -0.334 e. The van der Waals surface area contributed by atoms with Crippen LogP contribution in [0.5, 0.6) is 0 Å². The Hall–Kier alpha value is -1.48. The van der Waals surface area contributed by atoms with Gasteiger partial charge < -0.3 is 5.32 Å². The molecule has 2 rings (SSSR count). The lowest BCUT2D eigenvalue weighted by Crippen LogP contribution is -2.47. The Kier molecular flexibility index (Phi) is 4.94. The summed E-state index contributed by atoms with van der Waals surface area (Å²) in [4.78, 5) is 12.2. The van der Waals surface area contributed by atoms with Crippen molar-refractivity contribution in [2.75, 3.05) is 0 Å². The maximum absolute atomic E-state index is 13.8. The molecule has 6 heteroatoms. The number of nitrogens with zero attached hydrogens (tertiary/aromatic N) is 1. The predicted molar refractivity (Wildman–Crippen MR) is 77.6 cm³/mol. The first kappa shape index (κ1) is 15.9. The molecule has 1 aliphatic carbocycles. The third-order valence-electron chi connectivity index (χ3n) is 3.76. The molecule has 112 valence electrons. The number of nitrogens with one attached hydrogen (secondary N) is 1. The highest BCUT2D eigenvalue weighted by molar-refractivity contribution is 9.10. The number of benzene rings is 1. The second kappa shape index (κ2) is 6.52. The van der Waals surface area contributed by atoms with Crippen LogP contribution in [0.15, 0.2) is 16.6 Å². The number of amides is 1. The Labute approximate surface area is 130 Å². The summed E-state index contributed by atoms with van der Waals surface area (Å²) in [5.41, 5.74) is -1.67. The maximum Gasteiger partial charge on any atom is 0.258 e. The number of carbonyl (C=O) groups is 1. The van der Waals surface area contributed by atoms with Gasteiger partial charge in [0.05, 0.1) is 6.07 Å². The van der Waals surface area contributed by atoms with Crippen LogP contribution >= 0.6 is 15.9 Å². The van der Waals surface area contributed by atoms with Crippen LogP contribution in [0, 0.1) is 23.0 Å². The van der Waals surface area contributed by atoms with Crippen LogP contribution in [-0.4, -0.2) is 11.4 Å². The van der Waals surface area contributed by atoms with Crippen LogP contribution < -0.4 is 5.32 Å². The van der Waals surface area contributed by atoms with Crippen LogP contribution in [0.4, 0.5) is 8.78 Å². The Morgan fingerprint density at radius 1 is 1.19 bits per heavy atom. The number of carbonyl (C=O) groups excluding carboxylic acids is 1. The average Bonchev–Trinajstić information content (AvgIpc) is 2.63. The fourth-order valence-corrected chi connectivity index (χ4v) is 3.04. The van der Waals surface area contributed by atoms with E-state index in [9.17, 15) is 18.8 Å². The highest BCUT2D eigenvalue weighted by Crippen LogP contribution is 2.28. The van der Waals surface area contributed by atoms with Gasteiger partial charge in [0.1, 0.15) is 22.7 Å². The molecule has 1 aromatic rings. The number of halogens is 3. The van der Waals surface area contributed by atoms with Crippen molar-refractivity contribution in [3.05, 3.63) is 33.8 Å². The third kappa shape index (κ3) is 3.59. The van der Waals surface area contributed by atoms with Crippen LogP contribution in [0.25, 0.3) is 0 Å². The molecule has 0 bridgehead atoms. The first-order valence-electron chi connectivity index (χ1n) is 6.86. The van der Waals surface area contributed by atoms with Crippen molar-refractivity contribution in [2.24, 2.45) is 0 Å². The fourth-order valence-electron chi connectivity index (χ4n) is 2.64. The zero-order valence-corrected chi connectivity index (χ0v) is 13.0. The molecule has 0 saturated heterocycles. The monoisotopic (exact) mass is 356 g/mol. The van der Waals surface area contributed by atoms with Crippen molar-refractivity contribution in [1.29, 1.82) is 5.26 Å². The fraction of sp³-hybridized carbons (Fsp3) is 0.467. The predicted octanol–water partition coefficient (Wildman–Crippen LogP) is 4.07. The first-order valence-corrected chi connectivity index (χ1v) is 7.65. The zero-order chi connectivity index (χ0) is 15.5. The summed E-state index contributed by atoms with van der Waals surface area (Å²) in [6, 6.07) is 4.19. The molecule has 1 aliphatic rings. The second-order valence-electron chi connectivity index (χ2n) is 5.31. The molecule has 0 aliphatic heterocycles. The van der Waals surface area contributed by atoms with Gasteiger partial charge in [-0.15, -0.1) is 0 Å². The van der Waals surface area contributed by atoms with Gasteiger partial charge in [0.25, 0.3) is 5.91 Å². The van der Waals surface area contributed by atoms with Crippen molar-refractivity contribution in [1.82, 2.24) is 5.32 Å². The lowest BCUT2D eigenvalue weighted by Gasteiger charge is -2.26. The van der Waals surface area contributed by atoms with Crippen LogP contribution in [0.3, 0.4) is 0 Å². The van der Waals surface area contributed by atoms with E-state index in [-0.39, 0.29) is 4.47 Å². The third-order valence-corrected chi connectivity index (χ3v) is 4.22. The molecule has 1 aromatic carbocycles. The van der Waals surface area contributed by atoms with Crippen LogP contribution in [-0.2, 0) is 0 Å². The maximum atomic E-state index is 13.8. The molecule has 1 saturated carbocycles. The molecule has 0 radical (unpaired) electrons. The number of hydrogen-bond acceptors (Lipinski definition) is 2. The smallest absolute Gasteiger partial charge is 0.258 e. The Morgan fingerprint density at radius 2 is 1.71 bits per heavy atom. The standard InChI is InChI=1S/C15H15BrF2N2O/c16-10-7-11(17)13(12(18)8-10)14(21)20-15(9-19)5-3-1-2-4-6-15/h7-8H,1-6H2,(H,20,21). The topological polar surface area (TPSA) is 52.9 Å². The van der Waals surface area contributed by atoms with E-state index in [0.717, 1.165) is 37.8 Å². The highest BCUT2D eigenvalue weighted by atomic mass is 79.9. The molecular formula is C15H15BrF2N2O. The minimum atomic E-state index is -1.03. The summed E-state index contributed by atoms with van der Waals surface area (Å²) in [5.74, 6) is -2.76. The molecule has 0 aromatic heterocycles. The normalized spacial score (nSPS) is 17.6. The molecule has 3 nitrogen and oxygen atoms in total. The molecule has 1 N–H and O–H groups in total. The van der Waals surface area contributed by atoms with Gasteiger partial charge in [-0.3, -0.25) is 4.79 Å². The molecule has 0 atom stereocenters. The number of rotatable bonds is 2. The largest absolute Gasteiger partial charge is 0.334 e. The lowest BCUT2D eigenvalue weighted by molar-refractivity contribution is 0.0904. The molecule has 21 heavy (non-hydrogen) atoms. The van der Waals surface area contributed by atoms with E-state index in [1.54, 1.807) is 0 Å². The summed E-state index contributed by atoms with van der Waals surface area (Å²) in [5, 5.41) is 11.9. The van der Waals surface area contributed by atoms with E-state index >= 15 is 0 Å². The molecular weight excluding hydrogens is 342 g/mol. The summed E-state index contributed by atoms with van der Waals surface area (Å²) in [6.45, 7) is 0. The van der Waals surface area contributed by atoms with E-state index in [0.29, 0.717) is 12.8 Å². The van der Waals surface area contributed by atoms with Crippen molar-refractivity contribution < 1.29 is 13.6 Å².